The largest absolute Gasteiger partial charge is 0.411 e. The Bertz CT molecular complexity index is 275. The molecule has 0 saturated heterocycles. The zero-order valence-electron chi connectivity index (χ0n) is 7.96. The van der Waals surface area contributed by atoms with E-state index in [0.29, 0.717) is 11.5 Å². The molecule has 0 aliphatic rings. The fourth-order valence-electron chi connectivity index (χ4n) is 0.575. The quantitative estimate of drug-likeness (QED) is 0.193. The molecule has 0 spiro atoms. The number of oxime groups is 4. The molecule has 0 bridgehead atoms. The molecule has 10 heteroatoms. The van der Waals surface area contributed by atoms with Gasteiger partial charge >= 0.3 is 0 Å². The van der Waals surface area contributed by atoms with Crippen molar-refractivity contribution < 1.29 is 20.8 Å². The smallest absolute Gasteiger partial charge is 0.157 e. The highest BCUT2D eigenvalue weighted by molar-refractivity contribution is 8.18. The Morgan fingerprint density at radius 1 is 0.812 bits per heavy atom. The lowest BCUT2D eigenvalue weighted by molar-refractivity contribution is 0.317. The van der Waals surface area contributed by atoms with Gasteiger partial charge < -0.3 is 20.8 Å². The van der Waals surface area contributed by atoms with Crippen LogP contribution in [0.5, 0.6) is 0 Å². The third-order valence-electron chi connectivity index (χ3n) is 1.12. The highest BCUT2D eigenvalue weighted by atomic mass is 32.2. The van der Waals surface area contributed by atoms with Crippen LogP contribution >= 0.6 is 23.5 Å². The molecule has 0 heterocycles. The predicted octanol–water partition coefficient (Wildman–Crippen LogP) is 0.948. The zero-order valence-corrected chi connectivity index (χ0v) is 9.60. The molecule has 0 unspecified atom stereocenters. The average Bonchev–Trinajstić information content (AvgIpc) is 2.31. The number of hydrogen-bond donors (Lipinski definition) is 4. The van der Waals surface area contributed by atoms with E-state index in [-0.39, 0.29) is 10.1 Å². The van der Waals surface area contributed by atoms with E-state index in [2.05, 4.69) is 20.6 Å². The van der Waals surface area contributed by atoms with Crippen LogP contribution in [0.3, 0.4) is 0 Å². The van der Waals surface area contributed by atoms with Crippen molar-refractivity contribution in [1.29, 1.82) is 0 Å². The minimum absolute atomic E-state index is 0.154. The molecule has 0 rings (SSSR count). The Balaban J connectivity index is 3.83. The molecule has 0 aromatic rings. The Morgan fingerprint density at radius 3 is 1.44 bits per heavy atom. The van der Waals surface area contributed by atoms with E-state index in [1.165, 1.54) is 0 Å². The first kappa shape index (κ1) is 14.6. The molecule has 4 N–H and O–H groups in total. The van der Waals surface area contributed by atoms with Gasteiger partial charge in [0.15, 0.2) is 10.1 Å². The SMILES string of the molecule is ON=CC(=NO)SCCSC(C=NO)=NO. The summed E-state index contributed by atoms with van der Waals surface area (Å²) >= 11 is 2.29. The van der Waals surface area contributed by atoms with Crippen LogP contribution in [-0.4, -0.2) is 54.9 Å². The molecule has 0 fully saturated rings. The molecular formula is C6H10N4O4S2. The maximum Gasteiger partial charge on any atom is 0.157 e. The topological polar surface area (TPSA) is 130 Å². The van der Waals surface area contributed by atoms with Gasteiger partial charge in [0.05, 0.1) is 0 Å². The minimum atomic E-state index is 0.154. The number of rotatable bonds is 5. The van der Waals surface area contributed by atoms with E-state index in [4.69, 9.17) is 20.8 Å². The van der Waals surface area contributed by atoms with Gasteiger partial charge in [-0.15, -0.1) is 23.5 Å². The van der Waals surface area contributed by atoms with E-state index in [1.54, 1.807) is 0 Å². The van der Waals surface area contributed by atoms with Crippen LogP contribution in [0, 0.1) is 0 Å². The van der Waals surface area contributed by atoms with Crippen molar-refractivity contribution in [2.24, 2.45) is 20.6 Å². The molecule has 0 amide bonds. The standard InChI is InChI=1S/C6H10N4O4S2/c11-7-3-5(9-13)15-1-2-16-6(10-14)4-8-12/h3-4,11-14H,1-2H2. The summed E-state index contributed by atoms with van der Waals surface area (Å²) in [7, 11) is 0. The number of thioether (sulfide) groups is 2. The third-order valence-corrected chi connectivity index (χ3v) is 3.16. The van der Waals surface area contributed by atoms with Crippen LogP contribution in [0.4, 0.5) is 0 Å². The van der Waals surface area contributed by atoms with Gasteiger partial charge in [0.2, 0.25) is 0 Å². The normalized spacial score (nSPS) is 14.0. The van der Waals surface area contributed by atoms with Gasteiger partial charge in [0.1, 0.15) is 12.4 Å². The summed E-state index contributed by atoms with van der Waals surface area (Å²) in [5, 5.41) is 44.7. The van der Waals surface area contributed by atoms with Crippen molar-refractivity contribution in [3.05, 3.63) is 0 Å². The fraction of sp³-hybridized carbons (Fsp3) is 0.333. The van der Waals surface area contributed by atoms with Gasteiger partial charge in [-0.05, 0) is 0 Å². The molecule has 90 valence electrons. The second-order valence-corrected chi connectivity index (χ2v) is 4.29. The fourth-order valence-corrected chi connectivity index (χ4v) is 2.02. The van der Waals surface area contributed by atoms with Gasteiger partial charge in [0.25, 0.3) is 0 Å². The van der Waals surface area contributed by atoms with E-state index >= 15 is 0 Å². The van der Waals surface area contributed by atoms with Gasteiger partial charge in [-0.2, -0.15) is 0 Å². The highest BCUT2D eigenvalue weighted by Crippen LogP contribution is 2.09. The summed E-state index contributed by atoms with van der Waals surface area (Å²) in [5.41, 5.74) is 0. The molecule has 8 nitrogen and oxygen atoms in total. The van der Waals surface area contributed by atoms with Gasteiger partial charge in [-0.3, -0.25) is 0 Å². The van der Waals surface area contributed by atoms with Crippen molar-refractivity contribution >= 4 is 46.0 Å². The van der Waals surface area contributed by atoms with Crippen LogP contribution in [-0.2, 0) is 0 Å². The first-order valence-electron chi connectivity index (χ1n) is 3.83. The van der Waals surface area contributed by atoms with Crippen LogP contribution < -0.4 is 0 Å². The second kappa shape index (κ2) is 10.1. The number of hydrogen-bond acceptors (Lipinski definition) is 10. The second-order valence-electron chi connectivity index (χ2n) is 2.06. The Morgan fingerprint density at radius 2 is 1.19 bits per heavy atom. The van der Waals surface area contributed by atoms with Crippen LogP contribution in [0.2, 0.25) is 0 Å². The van der Waals surface area contributed by atoms with Crippen molar-refractivity contribution in [2.75, 3.05) is 11.5 Å². The summed E-state index contributed by atoms with van der Waals surface area (Å²) < 4.78 is 0. The summed E-state index contributed by atoms with van der Waals surface area (Å²) in [6.45, 7) is 0. The Kier molecular flexibility index (Phi) is 9.21. The number of nitrogens with zero attached hydrogens (tertiary/aromatic N) is 4. The molecule has 0 radical (unpaired) electrons. The van der Waals surface area contributed by atoms with Gasteiger partial charge in [-0.1, -0.05) is 20.6 Å². The van der Waals surface area contributed by atoms with Crippen LogP contribution in [0.1, 0.15) is 0 Å². The Hall–Kier alpha value is -1.42. The first-order valence-corrected chi connectivity index (χ1v) is 5.80. The van der Waals surface area contributed by atoms with Crippen LogP contribution in [0.15, 0.2) is 20.6 Å². The maximum absolute atomic E-state index is 8.44. The molecule has 0 atom stereocenters. The average molecular weight is 266 g/mol. The summed E-state index contributed by atoms with van der Waals surface area (Å²) in [5.74, 6) is 1.04. The molecule has 0 aromatic heterocycles. The van der Waals surface area contributed by atoms with E-state index < -0.39 is 0 Å². The zero-order chi connectivity index (χ0) is 12.2. The van der Waals surface area contributed by atoms with E-state index in [9.17, 15) is 0 Å². The molecule has 0 saturated carbocycles. The van der Waals surface area contributed by atoms with Crippen molar-refractivity contribution in [3.8, 4) is 0 Å². The predicted molar refractivity (Wildman–Crippen MR) is 63.9 cm³/mol. The van der Waals surface area contributed by atoms with Gasteiger partial charge in [0, 0.05) is 11.5 Å². The minimum Gasteiger partial charge on any atom is -0.411 e. The maximum atomic E-state index is 8.44. The van der Waals surface area contributed by atoms with Crippen molar-refractivity contribution in [3.63, 3.8) is 0 Å². The lowest BCUT2D eigenvalue weighted by atomic mass is 10.8. The van der Waals surface area contributed by atoms with Crippen molar-refractivity contribution in [1.82, 2.24) is 0 Å². The van der Waals surface area contributed by atoms with Gasteiger partial charge in [-0.25, -0.2) is 0 Å². The molecular weight excluding hydrogens is 256 g/mol. The highest BCUT2D eigenvalue weighted by Gasteiger charge is 2.01. The van der Waals surface area contributed by atoms with Crippen LogP contribution in [0.25, 0.3) is 0 Å². The van der Waals surface area contributed by atoms with Crippen molar-refractivity contribution in [2.45, 2.75) is 0 Å². The monoisotopic (exact) mass is 266 g/mol. The summed E-state index contributed by atoms with van der Waals surface area (Å²) in [4.78, 5) is 0. The first-order chi connectivity index (χ1) is 7.78. The summed E-state index contributed by atoms with van der Waals surface area (Å²) in [6.07, 6.45) is 1.98. The molecule has 16 heavy (non-hydrogen) atoms. The Labute approximate surface area is 99.4 Å². The molecule has 0 aliphatic heterocycles. The molecule has 0 aliphatic carbocycles. The summed E-state index contributed by atoms with van der Waals surface area (Å²) in [6, 6.07) is 0. The lowest BCUT2D eigenvalue weighted by Gasteiger charge is -1.98. The lowest BCUT2D eigenvalue weighted by Crippen LogP contribution is -2.00. The molecule has 0 aromatic carbocycles. The third kappa shape index (κ3) is 6.95. The van der Waals surface area contributed by atoms with E-state index in [0.717, 1.165) is 36.0 Å². The van der Waals surface area contributed by atoms with E-state index in [1.807, 2.05) is 0 Å².